The maximum absolute atomic E-state index is 7.32. The minimum Gasteiger partial charge on any atom is -0.470 e. The zero-order valence-electron chi connectivity index (χ0n) is 5.72. The highest BCUT2D eigenvalue weighted by Crippen LogP contribution is 2.16. The van der Waals surface area contributed by atoms with Crippen LogP contribution in [0.4, 0.5) is 5.69 Å². The summed E-state index contributed by atoms with van der Waals surface area (Å²) in [7, 11) is 0. The number of nitrogens with zero attached hydrogens (tertiary/aromatic N) is 1. The molecule has 0 saturated heterocycles. The quantitative estimate of drug-likeness (QED) is 0.560. The SMILES string of the molecule is [2H]C1=NCNc2cocc21. The van der Waals surface area contributed by atoms with Crippen LogP contribution in [0.15, 0.2) is 21.9 Å². The van der Waals surface area contributed by atoms with Crippen molar-refractivity contribution in [1.82, 2.24) is 0 Å². The number of hydrogen-bond donors (Lipinski definition) is 1. The Morgan fingerprint density at radius 2 is 2.78 bits per heavy atom. The van der Waals surface area contributed by atoms with E-state index in [-0.39, 0.29) is 0 Å². The Bertz CT molecular complexity index is 279. The van der Waals surface area contributed by atoms with E-state index in [0.717, 1.165) is 11.3 Å². The van der Waals surface area contributed by atoms with Crippen molar-refractivity contribution in [3.05, 3.63) is 18.1 Å². The molecule has 0 aromatic carbocycles. The Kier molecular flexibility index (Phi) is 0.667. The predicted octanol–water partition coefficient (Wildman–Crippen LogP) is 1.08. The van der Waals surface area contributed by atoms with Crippen LogP contribution in [0.2, 0.25) is 0 Å². The summed E-state index contributed by atoms with van der Waals surface area (Å²) < 4.78 is 12.2. The van der Waals surface area contributed by atoms with E-state index in [9.17, 15) is 0 Å². The van der Waals surface area contributed by atoms with Gasteiger partial charge < -0.3 is 9.73 Å². The van der Waals surface area contributed by atoms with Gasteiger partial charge in [0.1, 0.15) is 19.2 Å². The molecule has 1 aromatic heterocycles. The summed E-state index contributed by atoms with van der Waals surface area (Å²) in [6.07, 6.45) is 3.40. The molecule has 1 N–H and O–H groups in total. The standard InChI is InChI=1S/C6H6N2O/c1-5-2-9-3-6(5)8-4-7-1/h1-3,8H,4H2/i1D. The van der Waals surface area contributed by atoms with Gasteiger partial charge in [-0.05, 0) is 0 Å². The first-order valence-corrected chi connectivity index (χ1v) is 2.69. The minimum absolute atomic E-state index is 0.294. The van der Waals surface area contributed by atoms with E-state index in [0.29, 0.717) is 12.9 Å². The number of nitrogens with one attached hydrogen (secondary N) is 1. The van der Waals surface area contributed by atoms with Crippen LogP contribution in [0, 0.1) is 0 Å². The summed E-state index contributed by atoms with van der Waals surface area (Å²) >= 11 is 0. The van der Waals surface area contributed by atoms with Crippen LogP contribution < -0.4 is 5.32 Å². The molecular formula is C6H6N2O. The maximum atomic E-state index is 7.32. The third-order valence-electron chi connectivity index (χ3n) is 1.21. The summed E-state index contributed by atoms with van der Waals surface area (Å²) in [5, 5.41) is 2.97. The Balaban J connectivity index is 2.55. The summed E-state index contributed by atoms with van der Waals surface area (Å²) in [5.74, 6) is 0. The second kappa shape index (κ2) is 1.62. The highest BCUT2D eigenvalue weighted by atomic mass is 16.3. The number of fused-ring (bicyclic) bond motifs is 1. The first-order chi connectivity index (χ1) is 4.88. The molecule has 0 atom stereocenters. The zero-order chi connectivity index (χ0) is 6.97. The second-order valence-electron chi connectivity index (χ2n) is 1.80. The van der Waals surface area contributed by atoms with Gasteiger partial charge in [-0.1, -0.05) is 0 Å². The molecule has 9 heavy (non-hydrogen) atoms. The fraction of sp³-hybridized carbons (Fsp3) is 0.167. The van der Waals surface area contributed by atoms with E-state index >= 15 is 0 Å². The van der Waals surface area contributed by atoms with E-state index in [1.165, 1.54) is 6.26 Å². The fourth-order valence-electron chi connectivity index (χ4n) is 0.770. The van der Waals surface area contributed by atoms with Crippen LogP contribution >= 0.6 is 0 Å². The lowest BCUT2D eigenvalue weighted by molar-refractivity contribution is 0.568. The van der Waals surface area contributed by atoms with Gasteiger partial charge in [0.15, 0.2) is 0 Å². The van der Waals surface area contributed by atoms with Crippen molar-refractivity contribution in [1.29, 1.82) is 0 Å². The van der Waals surface area contributed by atoms with Crippen LogP contribution in [0.25, 0.3) is 0 Å². The maximum Gasteiger partial charge on any atom is 0.114 e. The molecule has 2 heterocycles. The van der Waals surface area contributed by atoms with E-state index < -0.39 is 0 Å². The van der Waals surface area contributed by atoms with Gasteiger partial charge in [0.25, 0.3) is 0 Å². The molecule has 1 aromatic rings. The average Bonchev–Trinajstić information content (AvgIpc) is 2.36. The van der Waals surface area contributed by atoms with Gasteiger partial charge in [0, 0.05) is 6.19 Å². The van der Waals surface area contributed by atoms with Crippen molar-refractivity contribution >= 4 is 11.9 Å². The summed E-state index contributed by atoms with van der Waals surface area (Å²) in [5.41, 5.74) is 1.60. The number of furan rings is 1. The molecule has 0 aliphatic carbocycles. The molecule has 0 saturated carbocycles. The molecule has 3 heteroatoms. The van der Waals surface area contributed by atoms with Crippen molar-refractivity contribution in [2.75, 3.05) is 12.0 Å². The first-order valence-electron chi connectivity index (χ1n) is 3.19. The third kappa shape index (κ3) is 0.614. The Labute approximate surface area is 53.8 Å². The molecule has 0 radical (unpaired) electrons. The smallest absolute Gasteiger partial charge is 0.114 e. The lowest BCUT2D eigenvalue weighted by atomic mass is 10.3. The van der Waals surface area contributed by atoms with Crippen LogP contribution in [-0.2, 0) is 0 Å². The lowest BCUT2D eigenvalue weighted by Gasteiger charge is -2.03. The largest absolute Gasteiger partial charge is 0.470 e. The van der Waals surface area contributed by atoms with Gasteiger partial charge in [-0.2, -0.15) is 0 Å². The molecule has 0 fully saturated rings. The van der Waals surface area contributed by atoms with Crippen molar-refractivity contribution in [3.63, 3.8) is 0 Å². The molecule has 3 nitrogen and oxygen atoms in total. The molecule has 0 bridgehead atoms. The van der Waals surface area contributed by atoms with Crippen LogP contribution in [0.5, 0.6) is 0 Å². The zero-order valence-corrected chi connectivity index (χ0v) is 4.72. The second-order valence-corrected chi connectivity index (χ2v) is 1.80. The fourth-order valence-corrected chi connectivity index (χ4v) is 0.770. The predicted molar refractivity (Wildman–Crippen MR) is 34.8 cm³/mol. The number of aliphatic imine (C=N–C) groups is 1. The van der Waals surface area contributed by atoms with Crippen LogP contribution in [0.3, 0.4) is 0 Å². The monoisotopic (exact) mass is 123 g/mol. The van der Waals surface area contributed by atoms with Crippen molar-refractivity contribution in [2.45, 2.75) is 0 Å². The normalized spacial score (nSPS) is 17.3. The lowest BCUT2D eigenvalue weighted by Crippen LogP contribution is -2.04. The Morgan fingerprint density at radius 1 is 1.78 bits per heavy atom. The molecule has 0 amide bonds. The van der Waals surface area contributed by atoms with Crippen molar-refractivity contribution in [2.24, 2.45) is 4.99 Å². The molecule has 1 aliphatic rings. The molecular weight excluding hydrogens is 116 g/mol. The van der Waals surface area contributed by atoms with E-state index in [1.807, 2.05) is 0 Å². The summed E-state index contributed by atoms with van der Waals surface area (Å²) in [4.78, 5) is 3.86. The number of rotatable bonds is 0. The highest BCUT2D eigenvalue weighted by Gasteiger charge is 2.03. The Morgan fingerprint density at radius 3 is 3.67 bits per heavy atom. The molecule has 1 aliphatic heterocycles. The van der Waals surface area contributed by atoms with Crippen molar-refractivity contribution < 1.29 is 5.79 Å². The first kappa shape index (κ1) is 3.71. The van der Waals surface area contributed by atoms with Gasteiger partial charge >= 0.3 is 0 Å². The van der Waals surface area contributed by atoms with Crippen LogP contribution in [0.1, 0.15) is 6.93 Å². The van der Waals surface area contributed by atoms with Gasteiger partial charge in [-0.25, -0.2) is 0 Å². The van der Waals surface area contributed by atoms with Gasteiger partial charge in [0.05, 0.1) is 12.6 Å². The topological polar surface area (TPSA) is 37.5 Å². The van der Waals surface area contributed by atoms with Gasteiger partial charge in [0.2, 0.25) is 0 Å². The average molecular weight is 123 g/mol. The number of hydrogen-bond acceptors (Lipinski definition) is 3. The molecule has 0 unspecified atom stereocenters. The molecule has 2 rings (SSSR count). The van der Waals surface area contributed by atoms with E-state index in [1.54, 1.807) is 6.26 Å². The summed E-state index contributed by atoms with van der Waals surface area (Å²) in [6.45, 7) is 0.478. The van der Waals surface area contributed by atoms with Crippen LogP contribution in [-0.4, -0.2) is 12.9 Å². The minimum atomic E-state index is 0.294. The highest BCUT2D eigenvalue weighted by molar-refractivity contribution is 5.88. The van der Waals surface area contributed by atoms with Crippen molar-refractivity contribution in [3.8, 4) is 0 Å². The van der Waals surface area contributed by atoms with Gasteiger partial charge in [-0.3, -0.25) is 4.99 Å². The molecule has 0 spiro atoms. The molecule has 46 valence electrons. The van der Waals surface area contributed by atoms with E-state index in [4.69, 9.17) is 5.79 Å². The Hall–Kier alpha value is -1.25. The third-order valence-corrected chi connectivity index (χ3v) is 1.21. The van der Waals surface area contributed by atoms with Gasteiger partial charge in [-0.15, -0.1) is 0 Å². The summed E-state index contributed by atoms with van der Waals surface area (Å²) in [6, 6.07) is 0. The van der Waals surface area contributed by atoms with E-state index in [2.05, 4.69) is 10.3 Å². The number of anilines is 1.